The van der Waals surface area contributed by atoms with Crippen molar-refractivity contribution in [2.24, 2.45) is 5.92 Å². The SMILES string of the molecule is Cc1c(-c2cc(O[C@H](C)C3CC3)c3c(C#N)cnn3c2)nnn1C1CCNCC1. The Kier molecular flexibility index (Phi) is 4.47. The van der Waals surface area contributed by atoms with E-state index in [1.165, 1.54) is 12.8 Å². The largest absolute Gasteiger partial charge is 0.488 e. The molecule has 1 aliphatic heterocycles. The van der Waals surface area contributed by atoms with E-state index in [0.717, 1.165) is 42.9 Å². The van der Waals surface area contributed by atoms with Gasteiger partial charge in [0, 0.05) is 11.8 Å². The normalized spacial score (nSPS) is 18.7. The van der Waals surface area contributed by atoms with Gasteiger partial charge in [0.05, 0.1) is 24.0 Å². The fourth-order valence-corrected chi connectivity index (χ4v) is 4.25. The molecule has 150 valence electrons. The average Bonchev–Trinajstić information content (AvgIpc) is 3.40. The average molecular weight is 391 g/mol. The van der Waals surface area contributed by atoms with Crippen LogP contribution in [0.4, 0.5) is 0 Å². The zero-order chi connectivity index (χ0) is 20.0. The molecule has 1 saturated heterocycles. The summed E-state index contributed by atoms with van der Waals surface area (Å²) in [6.45, 7) is 6.18. The maximum absolute atomic E-state index is 9.49. The lowest BCUT2D eigenvalue weighted by Crippen LogP contribution is -2.30. The van der Waals surface area contributed by atoms with Crippen molar-refractivity contribution in [2.75, 3.05) is 13.1 Å². The molecule has 3 aromatic heterocycles. The highest BCUT2D eigenvalue weighted by Gasteiger charge is 2.30. The van der Waals surface area contributed by atoms with Crippen LogP contribution in [0.15, 0.2) is 18.5 Å². The molecule has 29 heavy (non-hydrogen) atoms. The first-order valence-electron chi connectivity index (χ1n) is 10.4. The predicted octanol–water partition coefficient (Wildman–Crippen LogP) is 2.87. The van der Waals surface area contributed by atoms with Crippen LogP contribution in [0.5, 0.6) is 5.75 Å². The van der Waals surface area contributed by atoms with Gasteiger partial charge in [-0.25, -0.2) is 9.20 Å². The molecule has 1 N–H and O–H groups in total. The van der Waals surface area contributed by atoms with E-state index in [-0.39, 0.29) is 6.10 Å². The number of aromatic nitrogens is 5. The number of hydrogen-bond acceptors (Lipinski definition) is 6. The summed E-state index contributed by atoms with van der Waals surface area (Å²) in [5.41, 5.74) is 4.02. The van der Waals surface area contributed by atoms with Crippen molar-refractivity contribution in [3.8, 4) is 23.1 Å². The first-order valence-corrected chi connectivity index (χ1v) is 10.4. The van der Waals surface area contributed by atoms with Gasteiger partial charge in [-0.1, -0.05) is 5.21 Å². The van der Waals surface area contributed by atoms with Crippen LogP contribution in [-0.4, -0.2) is 43.8 Å². The van der Waals surface area contributed by atoms with Gasteiger partial charge in [-0.05, 0) is 64.6 Å². The summed E-state index contributed by atoms with van der Waals surface area (Å²) in [5.74, 6) is 1.28. The van der Waals surface area contributed by atoms with Gasteiger partial charge < -0.3 is 10.1 Å². The standard InChI is InChI=1S/C21H25N7O/c1-13-20(25-26-28(13)18-5-7-23-8-6-18)16-9-19(29-14(2)15-3-4-15)21-17(10-22)11-24-27(21)12-16/h9,11-12,14-15,18,23H,3-8H2,1-2H3/t14-/m1/s1. The first kappa shape index (κ1) is 18.1. The van der Waals surface area contributed by atoms with E-state index in [9.17, 15) is 5.26 Å². The zero-order valence-electron chi connectivity index (χ0n) is 16.8. The van der Waals surface area contributed by atoms with Crippen molar-refractivity contribution in [1.82, 2.24) is 29.9 Å². The molecule has 0 amide bonds. The van der Waals surface area contributed by atoms with Crippen LogP contribution >= 0.6 is 0 Å². The van der Waals surface area contributed by atoms with Crippen molar-refractivity contribution >= 4 is 5.52 Å². The van der Waals surface area contributed by atoms with E-state index in [4.69, 9.17) is 4.74 Å². The third-order valence-corrected chi connectivity index (χ3v) is 6.15. The van der Waals surface area contributed by atoms with Crippen molar-refractivity contribution in [3.63, 3.8) is 0 Å². The molecule has 0 radical (unpaired) electrons. The Morgan fingerprint density at radius 1 is 1.28 bits per heavy atom. The Morgan fingerprint density at radius 2 is 2.07 bits per heavy atom. The zero-order valence-corrected chi connectivity index (χ0v) is 16.8. The summed E-state index contributed by atoms with van der Waals surface area (Å²) in [4.78, 5) is 0. The molecule has 1 saturated carbocycles. The van der Waals surface area contributed by atoms with Gasteiger partial charge in [0.15, 0.2) is 0 Å². The van der Waals surface area contributed by atoms with Crippen molar-refractivity contribution in [1.29, 1.82) is 5.26 Å². The molecule has 2 aliphatic rings. The molecule has 0 aromatic carbocycles. The molecule has 1 atom stereocenters. The minimum Gasteiger partial charge on any atom is -0.488 e. The van der Waals surface area contributed by atoms with Crippen LogP contribution in [0.25, 0.3) is 16.8 Å². The summed E-state index contributed by atoms with van der Waals surface area (Å²) in [5, 5.41) is 26.2. The van der Waals surface area contributed by atoms with E-state index >= 15 is 0 Å². The second-order valence-electron chi connectivity index (χ2n) is 8.17. The van der Waals surface area contributed by atoms with Gasteiger partial charge in [-0.3, -0.25) is 0 Å². The van der Waals surface area contributed by atoms with Crippen LogP contribution in [0.2, 0.25) is 0 Å². The third kappa shape index (κ3) is 3.25. The second-order valence-corrected chi connectivity index (χ2v) is 8.17. The van der Waals surface area contributed by atoms with E-state index in [0.29, 0.717) is 28.8 Å². The summed E-state index contributed by atoms with van der Waals surface area (Å²) in [7, 11) is 0. The predicted molar refractivity (Wildman–Crippen MR) is 108 cm³/mol. The molecule has 0 bridgehead atoms. The highest BCUT2D eigenvalue weighted by atomic mass is 16.5. The van der Waals surface area contributed by atoms with Gasteiger partial charge in [0.1, 0.15) is 28.6 Å². The Balaban J connectivity index is 1.57. The molecule has 0 spiro atoms. The van der Waals surface area contributed by atoms with Crippen LogP contribution in [0, 0.1) is 24.2 Å². The molecule has 4 heterocycles. The Bertz CT molecular complexity index is 1080. The number of pyridine rings is 1. The van der Waals surface area contributed by atoms with E-state index in [1.54, 1.807) is 10.7 Å². The molecule has 3 aromatic rings. The van der Waals surface area contributed by atoms with Gasteiger partial charge >= 0.3 is 0 Å². The van der Waals surface area contributed by atoms with E-state index in [2.05, 4.69) is 45.3 Å². The number of nitrogens with zero attached hydrogens (tertiary/aromatic N) is 6. The minimum absolute atomic E-state index is 0.113. The fourth-order valence-electron chi connectivity index (χ4n) is 4.25. The van der Waals surface area contributed by atoms with Crippen LogP contribution in [0.3, 0.4) is 0 Å². The van der Waals surface area contributed by atoms with Crippen LogP contribution < -0.4 is 10.1 Å². The Hall–Kier alpha value is -2.92. The number of hydrogen-bond donors (Lipinski definition) is 1. The summed E-state index contributed by atoms with van der Waals surface area (Å²) in [6.07, 6.45) is 8.13. The number of ether oxygens (including phenoxy) is 1. The Labute approximate surface area is 169 Å². The number of fused-ring (bicyclic) bond motifs is 1. The first-order chi connectivity index (χ1) is 14.2. The summed E-state index contributed by atoms with van der Waals surface area (Å²) < 4.78 is 10.1. The number of nitrogens with one attached hydrogen (secondary N) is 1. The molecule has 8 heteroatoms. The Morgan fingerprint density at radius 3 is 2.79 bits per heavy atom. The lowest BCUT2D eigenvalue weighted by Gasteiger charge is -2.23. The van der Waals surface area contributed by atoms with Crippen LogP contribution in [0.1, 0.15) is 49.9 Å². The highest BCUT2D eigenvalue weighted by molar-refractivity contribution is 5.74. The maximum Gasteiger partial charge on any atom is 0.147 e. The quantitative estimate of drug-likeness (QED) is 0.719. The van der Waals surface area contributed by atoms with Gasteiger partial charge in [-0.2, -0.15) is 10.4 Å². The van der Waals surface area contributed by atoms with Crippen molar-refractivity contribution in [3.05, 3.63) is 29.7 Å². The van der Waals surface area contributed by atoms with Gasteiger partial charge in [0.25, 0.3) is 0 Å². The molecule has 0 unspecified atom stereocenters. The number of piperidine rings is 1. The molecular weight excluding hydrogens is 366 g/mol. The number of nitriles is 1. The van der Waals surface area contributed by atoms with E-state index < -0.39 is 0 Å². The smallest absolute Gasteiger partial charge is 0.147 e. The fraction of sp³-hybridized carbons (Fsp3) is 0.524. The number of rotatable bonds is 5. The third-order valence-electron chi connectivity index (χ3n) is 6.15. The monoisotopic (exact) mass is 391 g/mol. The van der Waals surface area contributed by atoms with E-state index in [1.807, 2.05) is 12.3 Å². The molecule has 5 rings (SSSR count). The molecule has 2 fully saturated rings. The van der Waals surface area contributed by atoms with Crippen LogP contribution in [-0.2, 0) is 0 Å². The van der Waals surface area contributed by atoms with Gasteiger partial charge in [-0.15, -0.1) is 5.10 Å². The topological polar surface area (TPSA) is 93.1 Å². The van der Waals surface area contributed by atoms with Crippen molar-refractivity contribution in [2.45, 2.75) is 51.7 Å². The van der Waals surface area contributed by atoms with Crippen molar-refractivity contribution < 1.29 is 4.74 Å². The highest BCUT2D eigenvalue weighted by Crippen LogP contribution is 2.37. The molecule has 1 aliphatic carbocycles. The molecule has 8 nitrogen and oxygen atoms in total. The maximum atomic E-state index is 9.49. The minimum atomic E-state index is 0.113. The second kappa shape index (κ2) is 7.16. The summed E-state index contributed by atoms with van der Waals surface area (Å²) in [6, 6.07) is 4.59. The lowest BCUT2D eigenvalue weighted by molar-refractivity contribution is 0.200. The van der Waals surface area contributed by atoms with Gasteiger partial charge in [0.2, 0.25) is 0 Å². The summed E-state index contributed by atoms with van der Waals surface area (Å²) >= 11 is 0. The lowest BCUT2D eigenvalue weighted by atomic mass is 10.1. The molecular formula is C21H25N7O.